The van der Waals surface area contributed by atoms with Crippen LogP contribution in [0.25, 0.3) is 0 Å². The van der Waals surface area contributed by atoms with Gasteiger partial charge in [-0.25, -0.2) is 4.98 Å². The van der Waals surface area contributed by atoms with Crippen LogP contribution in [-0.2, 0) is 6.54 Å². The second-order valence-corrected chi connectivity index (χ2v) is 4.74. The summed E-state index contributed by atoms with van der Waals surface area (Å²) in [6.45, 7) is 10.7. The molecule has 1 heterocycles. The van der Waals surface area contributed by atoms with Crippen LogP contribution in [0.1, 0.15) is 25.2 Å². The van der Waals surface area contributed by atoms with Gasteiger partial charge in [0.1, 0.15) is 0 Å². The average molecular weight is 195 g/mol. The van der Waals surface area contributed by atoms with E-state index >= 15 is 0 Å². The number of nitrogens with zero attached hydrogens (tertiary/aromatic N) is 2. The highest BCUT2D eigenvalue weighted by Crippen LogP contribution is 2.18. The molecule has 0 aliphatic heterocycles. The molecule has 1 rings (SSSR count). The lowest BCUT2D eigenvalue weighted by atomic mass is 9.93. The van der Waals surface area contributed by atoms with E-state index in [4.69, 9.17) is 0 Å². The highest BCUT2D eigenvalue weighted by molar-refractivity contribution is 5.08. The van der Waals surface area contributed by atoms with Gasteiger partial charge in [0.15, 0.2) is 0 Å². The zero-order valence-corrected chi connectivity index (χ0v) is 9.89. The Morgan fingerprint density at radius 1 is 1.43 bits per heavy atom. The summed E-state index contributed by atoms with van der Waals surface area (Å²) in [5, 5.41) is 3.22. The molecule has 0 atom stereocenters. The van der Waals surface area contributed by atoms with Crippen molar-refractivity contribution < 1.29 is 0 Å². The van der Waals surface area contributed by atoms with E-state index in [1.807, 2.05) is 13.4 Å². The van der Waals surface area contributed by atoms with Crippen LogP contribution in [0.3, 0.4) is 0 Å². The van der Waals surface area contributed by atoms with Gasteiger partial charge in [-0.1, -0.05) is 13.8 Å². The van der Waals surface area contributed by atoms with E-state index in [1.165, 1.54) is 5.69 Å². The zero-order chi connectivity index (χ0) is 10.8. The van der Waals surface area contributed by atoms with Crippen LogP contribution in [0.2, 0.25) is 0 Å². The molecule has 0 fully saturated rings. The number of hydrogen-bond acceptors (Lipinski definition) is 2. The van der Waals surface area contributed by atoms with Crippen LogP contribution in [-0.4, -0.2) is 23.1 Å². The molecule has 0 aromatic carbocycles. The third-order valence-corrected chi connectivity index (χ3v) is 2.60. The minimum atomic E-state index is 0.270. The fraction of sp³-hybridized carbons (Fsp3) is 0.727. The Hall–Kier alpha value is -0.830. The van der Waals surface area contributed by atoms with Gasteiger partial charge in [0.05, 0.1) is 12.0 Å². The lowest BCUT2D eigenvalue weighted by molar-refractivity contribution is 0.295. The van der Waals surface area contributed by atoms with Crippen LogP contribution < -0.4 is 5.32 Å². The van der Waals surface area contributed by atoms with Crippen LogP contribution >= 0.6 is 0 Å². The Morgan fingerprint density at radius 2 is 2.07 bits per heavy atom. The number of hydrogen-bond donors (Lipinski definition) is 1. The fourth-order valence-corrected chi connectivity index (χ4v) is 1.70. The van der Waals surface area contributed by atoms with Gasteiger partial charge in [0.2, 0.25) is 0 Å². The third kappa shape index (κ3) is 2.58. The average Bonchev–Trinajstić information content (AvgIpc) is 2.35. The number of rotatable bonds is 4. The maximum atomic E-state index is 4.30. The van der Waals surface area contributed by atoms with Crippen LogP contribution in [0.5, 0.6) is 0 Å². The van der Waals surface area contributed by atoms with Gasteiger partial charge in [-0.15, -0.1) is 0 Å². The molecule has 3 heteroatoms. The van der Waals surface area contributed by atoms with Crippen LogP contribution in [0.4, 0.5) is 0 Å². The molecule has 0 radical (unpaired) electrons. The molecule has 1 aromatic rings. The monoisotopic (exact) mass is 195 g/mol. The number of nitrogens with one attached hydrogen (secondary N) is 1. The smallest absolute Gasteiger partial charge is 0.0951 e. The highest BCUT2D eigenvalue weighted by atomic mass is 15.1. The first kappa shape index (κ1) is 11.2. The highest BCUT2D eigenvalue weighted by Gasteiger charge is 2.18. The molecule has 0 saturated heterocycles. The Morgan fingerprint density at radius 3 is 2.50 bits per heavy atom. The molecule has 0 bridgehead atoms. The molecule has 0 aliphatic carbocycles. The van der Waals surface area contributed by atoms with E-state index in [1.54, 1.807) is 0 Å². The topological polar surface area (TPSA) is 29.9 Å². The molecule has 0 amide bonds. The molecule has 3 nitrogen and oxygen atoms in total. The maximum Gasteiger partial charge on any atom is 0.0951 e. The molecule has 1 N–H and O–H groups in total. The van der Waals surface area contributed by atoms with Crippen molar-refractivity contribution in [3.05, 3.63) is 17.7 Å². The van der Waals surface area contributed by atoms with Crippen molar-refractivity contribution in [1.82, 2.24) is 14.9 Å². The zero-order valence-electron chi connectivity index (χ0n) is 9.89. The minimum Gasteiger partial charge on any atom is -0.334 e. The number of aromatic nitrogens is 2. The molecular weight excluding hydrogens is 174 g/mol. The Balaban J connectivity index is 2.73. The van der Waals surface area contributed by atoms with Crippen molar-refractivity contribution in [2.75, 3.05) is 13.6 Å². The first-order chi connectivity index (χ1) is 6.46. The third-order valence-electron chi connectivity index (χ3n) is 2.60. The Labute approximate surface area is 86.5 Å². The van der Waals surface area contributed by atoms with Crippen molar-refractivity contribution in [2.24, 2.45) is 5.41 Å². The summed E-state index contributed by atoms with van der Waals surface area (Å²) in [5.41, 5.74) is 2.67. The molecule has 0 spiro atoms. The van der Waals surface area contributed by atoms with E-state index in [-0.39, 0.29) is 5.41 Å². The summed E-state index contributed by atoms with van der Waals surface area (Å²) >= 11 is 0. The van der Waals surface area contributed by atoms with Crippen molar-refractivity contribution in [2.45, 2.75) is 34.2 Å². The van der Waals surface area contributed by atoms with Crippen LogP contribution in [0.15, 0.2) is 6.33 Å². The van der Waals surface area contributed by atoms with Crippen molar-refractivity contribution in [3.63, 3.8) is 0 Å². The summed E-state index contributed by atoms with van der Waals surface area (Å²) < 4.78 is 2.23. The van der Waals surface area contributed by atoms with Gasteiger partial charge >= 0.3 is 0 Å². The van der Waals surface area contributed by atoms with E-state index in [0.29, 0.717) is 0 Å². The second kappa shape index (κ2) is 4.13. The van der Waals surface area contributed by atoms with E-state index in [0.717, 1.165) is 18.8 Å². The number of aryl methyl sites for hydroxylation is 1. The van der Waals surface area contributed by atoms with Gasteiger partial charge in [0.25, 0.3) is 0 Å². The van der Waals surface area contributed by atoms with Gasteiger partial charge in [-0.05, 0) is 26.3 Å². The predicted octanol–water partition coefficient (Wildman–Crippen LogP) is 1.75. The minimum absolute atomic E-state index is 0.270. The molecule has 0 unspecified atom stereocenters. The van der Waals surface area contributed by atoms with Crippen molar-refractivity contribution >= 4 is 0 Å². The lowest BCUT2D eigenvalue weighted by Crippen LogP contribution is -2.31. The summed E-state index contributed by atoms with van der Waals surface area (Å²) in [5.74, 6) is 0. The normalized spacial score (nSPS) is 12.1. The van der Waals surface area contributed by atoms with Crippen molar-refractivity contribution in [3.8, 4) is 0 Å². The fourth-order valence-electron chi connectivity index (χ4n) is 1.70. The summed E-state index contributed by atoms with van der Waals surface area (Å²) in [4.78, 5) is 4.30. The van der Waals surface area contributed by atoms with Gasteiger partial charge in [0, 0.05) is 18.8 Å². The number of imidazole rings is 1. The summed E-state index contributed by atoms with van der Waals surface area (Å²) in [7, 11) is 1.99. The standard InChI is InChI=1S/C11H21N3/c1-9-10(2)14(8-13-9)7-11(3,4)6-12-5/h8,12H,6-7H2,1-5H3. The predicted molar refractivity (Wildman–Crippen MR) is 59.4 cm³/mol. The first-order valence-corrected chi connectivity index (χ1v) is 5.09. The SMILES string of the molecule is CNCC(C)(C)Cn1cnc(C)c1C. The Bertz CT molecular complexity index is 299. The molecule has 14 heavy (non-hydrogen) atoms. The van der Waals surface area contributed by atoms with E-state index in [2.05, 4.69) is 42.6 Å². The largest absolute Gasteiger partial charge is 0.334 e. The van der Waals surface area contributed by atoms with E-state index < -0.39 is 0 Å². The molecule has 0 saturated carbocycles. The van der Waals surface area contributed by atoms with Gasteiger partial charge in [-0.2, -0.15) is 0 Å². The summed E-state index contributed by atoms with van der Waals surface area (Å²) in [6, 6.07) is 0. The van der Waals surface area contributed by atoms with Gasteiger partial charge < -0.3 is 9.88 Å². The molecule has 80 valence electrons. The maximum absolute atomic E-state index is 4.30. The molecule has 1 aromatic heterocycles. The Kier molecular flexibility index (Phi) is 3.32. The first-order valence-electron chi connectivity index (χ1n) is 5.09. The van der Waals surface area contributed by atoms with Crippen molar-refractivity contribution in [1.29, 1.82) is 0 Å². The quantitative estimate of drug-likeness (QED) is 0.793. The van der Waals surface area contributed by atoms with Gasteiger partial charge in [-0.3, -0.25) is 0 Å². The van der Waals surface area contributed by atoms with Crippen LogP contribution in [0, 0.1) is 19.3 Å². The lowest BCUT2D eigenvalue weighted by Gasteiger charge is -2.25. The second-order valence-electron chi connectivity index (χ2n) is 4.74. The summed E-state index contributed by atoms with van der Waals surface area (Å²) in [6.07, 6.45) is 1.93. The van der Waals surface area contributed by atoms with E-state index in [9.17, 15) is 0 Å². The molecule has 0 aliphatic rings. The molecular formula is C11H21N3.